The molecule has 31 heavy (non-hydrogen) atoms. The minimum atomic E-state index is -0.769. The molecule has 3 heterocycles. The number of nitrogens with one attached hydrogen (secondary N) is 1. The Hall–Kier alpha value is -2.11. The highest BCUT2D eigenvalue weighted by atomic mass is 16.6. The maximum Gasteiger partial charge on any atom is 0.411 e. The number of carbonyl (C=O) groups excluding carboxylic acids is 1. The zero-order valence-corrected chi connectivity index (χ0v) is 18.5. The van der Waals surface area contributed by atoms with Gasteiger partial charge in [0.05, 0.1) is 12.5 Å². The predicted molar refractivity (Wildman–Crippen MR) is 116 cm³/mol. The van der Waals surface area contributed by atoms with Gasteiger partial charge in [-0.05, 0) is 25.8 Å². The average Bonchev–Trinajstić information content (AvgIpc) is 3.04. The van der Waals surface area contributed by atoms with Crippen molar-refractivity contribution in [2.75, 3.05) is 72.5 Å². The number of carbonyl (C=O) groups is 2. The lowest BCUT2D eigenvalue weighted by Gasteiger charge is -2.38. The van der Waals surface area contributed by atoms with Crippen molar-refractivity contribution in [3.63, 3.8) is 0 Å². The fourth-order valence-corrected chi connectivity index (χ4v) is 4.64. The van der Waals surface area contributed by atoms with Crippen LogP contribution in [0.5, 0.6) is 0 Å². The van der Waals surface area contributed by atoms with E-state index in [2.05, 4.69) is 14.7 Å². The van der Waals surface area contributed by atoms with Crippen molar-refractivity contribution in [1.82, 2.24) is 24.5 Å². The van der Waals surface area contributed by atoms with Crippen molar-refractivity contribution in [3.8, 4) is 0 Å². The molecule has 176 valence electrons. The molecular weight excluding hydrogens is 402 g/mol. The maximum atomic E-state index is 12.2. The second kappa shape index (κ2) is 11.0. The number of carboxylic acid groups (broad SMARTS) is 1. The van der Waals surface area contributed by atoms with Crippen LogP contribution in [0, 0.1) is 5.41 Å². The van der Waals surface area contributed by atoms with E-state index in [1.54, 1.807) is 4.90 Å². The predicted octanol–water partition coefficient (Wildman–Crippen LogP) is -0.463. The number of hydrogen-bond acceptors (Lipinski definition) is 7. The first kappa shape index (κ1) is 23.6. The topological polar surface area (TPSA) is 130 Å². The summed E-state index contributed by atoms with van der Waals surface area (Å²) in [5.41, 5.74) is 5.55. The van der Waals surface area contributed by atoms with Gasteiger partial charge < -0.3 is 30.3 Å². The Labute approximate surface area is 184 Å². The molecule has 4 N–H and O–H groups in total. The van der Waals surface area contributed by atoms with Crippen LogP contribution in [0.25, 0.3) is 0 Å². The molecule has 3 fully saturated rings. The number of cyclic esters (lactones) is 1. The van der Waals surface area contributed by atoms with Crippen molar-refractivity contribution in [1.29, 1.82) is 5.41 Å². The van der Waals surface area contributed by atoms with Gasteiger partial charge in [0.15, 0.2) is 12.2 Å². The van der Waals surface area contributed by atoms with Crippen LogP contribution in [0.4, 0.5) is 4.79 Å². The molecule has 11 nitrogen and oxygen atoms in total. The first-order chi connectivity index (χ1) is 14.8. The number of likely N-dealkylation sites (N-methyl/N-ethyl adjacent to an activating group) is 1. The lowest BCUT2D eigenvalue weighted by Crippen LogP contribution is -2.54. The number of amides is 1. The molecule has 3 aliphatic rings. The van der Waals surface area contributed by atoms with E-state index in [0.29, 0.717) is 6.54 Å². The summed E-state index contributed by atoms with van der Waals surface area (Å²) in [4.78, 5) is 33.4. The van der Waals surface area contributed by atoms with E-state index in [0.717, 1.165) is 78.2 Å². The molecule has 0 spiro atoms. The molecule has 2 atom stereocenters. The number of aliphatic carboxylic acids is 1. The molecule has 0 aliphatic carbocycles. The van der Waals surface area contributed by atoms with Crippen molar-refractivity contribution in [2.24, 2.45) is 5.73 Å². The summed E-state index contributed by atoms with van der Waals surface area (Å²) in [6, 6.07) is 0.0487. The molecule has 3 aliphatic heterocycles. The van der Waals surface area contributed by atoms with Gasteiger partial charge in [-0.2, -0.15) is 0 Å². The summed E-state index contributed by atoms with van der Waals surface area (Å²) in [6.45, 7) is 8.21. The Balaban J connectivity index is 1.39. The largest absolute Gasteiger partial charge is 0.481 e. The second-order valence-electron chi connectivity index (χ2n) is 8.68. The lowest BCUT2D eigenvalue weighted by atomic mass is 10.1. The number of piperazine rings is 2. The van der Waals surface area contributed by atoms with Crippen LogP contribution in [0.15, 0.2) is 0 Å². The van der Waals surface area contributed by atoms with Crippen LogP contribution in [0.1, 0.15) is 25.7 Å². The molecule has 3 saturated heterocycles. The van der Waals surface area contributed by atoms with Gasteiger partial charge in [-0.15, -0.1) is 0 Å². The minimum Gasteiger partial charge on any atom is -0.481 e. The summed E-state index contributed by atoms with van der Waals surface area (Å²) in [5.74, 6) is -0.614. The zero-order chi connectivity index (χ0) is 22.4. The van der Waals surface area contributed by atoms with E-state index < -0.39 is 5.97 Å². The Kier molecular flexibility index (Phi) is 8.33. The van der Waals surface area contributed by atoms with Gasteiger partial charge in [-0.1, -0.05) is 0 Å². The molecule has 1 amide bonds. The maximum absolute atomic E-state index is 12.2. The van der Waals surface area contributed by atoms with Crippen LogP contribution >= 0.6 is 0 Å². The van der Waals surface area contributed by atoms with Crippen LogP contribution in [-0.4, -0.2) is 132 Å². The highest BCUT2D eigenvalue weighted by molar-refractivity contribution is 5.74. The van der Waals surface area contributed by atoms with Gasteiger partial charge in [-0.25, -0.2) is 4.79 Å². The van der Waals surface area contributed by atoms with E-state index in [9.17, 15) is 9.59 Å². The summed E-state index contributed by atoms with van der Waals surface area (Å²) in [7, 11) is 1.82. The molecule has 0 saturated carbocycles. The number of nitrogens with two attached hydrogens (primary N) is 1. The molecule has 0 aromatic heterocycles. The van der Waals surface area contributed by atoms with Gasteiger partial charge in [0.25, 0.3) is 0 Å². The van der Waals surface area contributed by atoms with Gasteiger partial charge in [-0.3, -0.25) is 20.0 Å². The highest BCUT2D eigenvalue weighted by Gasteiger charge is 2.43. The summed E-state index contributed by atoms with van der Waals surface area (Å²) >= 11 is 0. The third kappa shape index (κ3) is 6.44. The van der Waals surface area contributed by atoms with Gasteiger partial charge >= 0.3 is 12.1 Å². The zero-order valence-electron chi connectivity index (χ0n) is 18.5. The molecular formula is C20H37N7O4. The number of guanidine groups is 1. The normalized spacial score (nSPS) is 26.3. The molecule has 0 aromatic carbocycles. The fraction of sp³-hybridized carbons (Fsp3) is 0.850. The Morgan fingerprint density at radius 2 is 1.68 bits per heavy atom. The van der Waals surface area contributed by atoms with Gasteiger partial charge in [0, 0.05) is 66.0 Å². The van der Waals surface area contributed by atoms with Crippen LogP contribution in [0.2, 0.25) is 0 Å². The van der Waals surface area contributed by atoms with Crippen molar-refractivity contribution in [3.05, 3.63) is 0 Å². The highest BCUT2D eigenvalue weighted by Crippen LogP contribution is 2.26. The standard InChI is InChI=1S/C20H37N7O4/c1-23-16(4-2-3-6-24-10-14-27(15-11-24)19(21)22)18(31-20(23)30)26-12-8-25(9-13-26)7-5-17(28)29/h16,18H,2-15H2,1H3,(H3,21,22)(H,28,29). The Bertz CT molecular complexity index is 633. The molecule has 11 heteroatoms. The average molecular weight is 440 g/mol. The van der Waals surface area contributed by atoms with Gasteiger partial charge in [0.2, 0.25) is 0 Å². The molecule has 0 radical (unpaired) electrons. The Morgan fingerprint density at radius 3 is 2.29 bits per heavy atom. The molecule has 3 rings (SSSR count). The summed E-state index contributed by atoms with van der Waals surface area (Å²) < 4.78 is 5.69. The third-order valence-electron chi connectivity index (χ3n) is 6.68. The first-order valence-corrected chi connectivity index (χ1v) is 11.3. The second-order valence-corrected chi connectivity index (χ2v) is 8.68. The minimum absolute atomic E-state index is 0.0487. The Morgan fingerprint density at radius 1 is 1.06 bits per heavy atom. The van der Waals surface area contributed by atoms with Crippen LogP contribution in [-0.2, 0) is 9.53 Å². The van der Waals surface area contributed by atoms with Crippen molar-refractivity contribution < 1.29 is 19.4 Å². The van der Waals surface area contributed by atoms with E-state index in [1.807, 2.05) is 11.9 Å². The number of unbranched alkanes of at least 4 members (excludes halogenated alkanes) is 1. The quantitative estimate of drug-likeness (QED) is 0.248. The van der Waals surface area contributed by atoms with Crippen LogP contribution < -0.4 is 5.73 Å². The first-order valence-electron chi connectivity index (χ1n) is 11.3. The van der Waals surface area contributed by atoms with Gasteiger partial charge in [0.1, 0.15) is 0 Å². The molecule has 2 unspecified atom stereocenters. The summed E-state index contributed by atoms with van der Waals surface area (Å²) in [5, 5.41) is 16.4. The van der Waals surface area contributed by atoms with Crippen molar-refractivity contribution in [2.45, 2.75) is 38.0 Å². The number of carboxylic acids is 1. The van der Waals surface area contributed by atoms with E-state index in [4.69, 9.17) is 21.0 Å². The number of rotatable bonds is 9. The SMILES string of the molecule is CN1C(=O)OC(N2CCN(CCC(=O)O)CC2)C1CCCCN1CCN(C(=N)N)CC1. The molecule has 0 aromatic rings. The fourth-order valence-electron chi connectivity index (χ4n) is 4.64. The van der Waals surface area contributed by atoms with E-state index in [1.165, 1.54) is 0 Å². The smallest absolute Gasteiger partial charge is 0.411 e. The van der Waals surface area contributed by atoms with E-state index in [-0.39, 0.29) is 30.7 Å². The van der Waals surface area contributed by atoms with Crippen molar-refractivity contribution >= 4 is 18.0 Å². The lowest BCUT2D eigenvalue weighted by molar-refractivity contribution is -0.137. The monoisotopic (exact) mass is 439 g/mol. The number of nitrogens with zero attached hydrogens (tertiary/aromatic N) is 5. The number of hydrogen-bond donors (Lipinski definition) is 3. The number of ether oxygens (including phenoxy) is 1. The van der Waals surface area contributed by atoms with Crippen LogP contribution in [0.3, 0.4) is 0 Å². The summed E-state index contributed by atoms with van der Waals surface area (Å²) in [6.07, 6.45) is 2.66. The molecule has 0 bridgehead atoms. The van der Waals surface area contributed by atoms with E-state index >= 15 is 0 Å². The third-order valence-corrected chi connectivity index (χ3v) is 6.68.